The summed E-state index contributed by atoms with van der Waals surface area (Å²) in [7, 11) is 0. The van der Waals surface area contributed by atoms with Gasteiger partial charge in [0.05, 0.1) is 6.61 Å². The summed E-state index contributed by atoms with van der Waals surface area (Å²) in [6.07, 6.45) is 23.9. The molecule has 0 spiro atoms. The van der Waals surface area contributed by atoms with E-state index in [-0.39, 0.29) is 5.60 Å². The van der Waals surface area contributed by atoms with Crippen LogP contribution in [0.2, 0.25) is 0 Å². The Morgan fingerprint density at radius 2 is 1.29 bits per heavy atom. The molecule has 1 fully saturated rings. The van der Waals surface area contributed by atoms with Crippen molar-refractivity contribution in [1.82, 2.24) is 0 Å². The second kappa shape index (κ2) is 12.3. The first-order valence-corrected chi connectivity index (χ1v) is 9.64. The average molecular weight is 295 g/mol. The van der Waals surface area contributed by atoms with Crippen LogP contribution in [0.15, 0.2) is 12.2 Å². The number of allylic oxidation sites excluding steroid dienone is 1. The van der Waals surface area contributed by atoms with E-state index in [1.54, 1.807) is 0 Å². The SMILES string of the molecule is CCCCCC/C=C/C1(CCCCCCCCCC)CO1. The molecule has 1 rings (SSSR count). The zero-order valence-electron chi connectivity index (χ0n) is 14.7. The van der Waals surface area contributed by atoms with Gasteiger partial charge in [-0.15, -0.1) is 0 Å². The van der Waals surface area contributed by atoms with E-state index in [1.165, 1.54) is 89.9 Å². The molecule has 1 nitrogen and oxygen atoms in total. The van der Waals surface area contributed by atoms with Crippen molar-refractivity contribution in [2.75, 3.05) is 6.61 Å². The average Bonchev–Trinajstić information content (AvgIpc) is 3.26. The summed E-state index contributed by atoms with van der Waals surface area (Å²) in [6, 6.07) is 0. The lowest BCUT2D eigenvalue weighted by Gasteiger charge is -2.06. The first kappa shape index (κ1) is 18.7. The predicted octanol–water partition coefficient (Wildman–Crippen LogP) is 6.81. The quantitative estimate of drug-likeness (QED) is 0.183. The van der Waals surface area contributed by atoms with Gasteiger partial charge in [-0.2, -0.15) is 0 Å². The molecule has 1 heteroatoms. The molecule has 1 saturated heterocycles. The summed E-state index contributed by atoms with van der Waals surface area (Å²) in [6.45, 7) is 5.52. The van der Waals surface area contributed by atoms with Gasteiger partial charge in [0.1, 0.15) is 5.60 Å². The van der Waals surface area contributed by atoms with Crippen LogP contribution in [0.3, 0.4) is 0 Å². The zero-order chi connectivity index (χ0) is 15.2. The van der Waals surface area contributed by atoms with E-state index in [0.717, 1.165) is 6.61 Å². The normalized spacial score (nSPS) is 21.2. The van der Waals surface area contributed by atoms with Crippen molar-refractivity contribution < 1.29 is 4.74 Å². The van der Waals surface area contributed by atoms with E-state index in [1.807, 2.05) is 0 Å². The van der Waals surface area contributed by atoms with Crippen molar-refractivity contribution in [1.29, 1.82) is 0 Å². The third kappa shape index (κ3) is 10.1. The van der Waals surface area contributed by atoms with Crippen molar-refractivity contribution in [3.05, 3.63) is 12.2 Å². The summed E-state index contributed by atoms with van der Waals surface area (Å²) >= 11 is 0. The Balaban J connectivity index is 1.92. The maximum Gasteiger partial charge on any atom is 0.110 e. The first-order valence-electron chi connectivity index (χ1n) is 9.64. The van der Waals surface area contributed by atoms with Gasteiger partial charge in [-0.1, -0.05) is 96.6 Å². The summed E-state index contributed by atoms with van der Waals surface area (Å²) in [5.74, 6) is 0. The molecular weight excluding hydrogens is 256 g/mol. The molecular formula is C20H38O. The molecule has 1 aliphatic heterocycles. The summed E-state index contributed by atoms with van der Waals surface area (Å²) in [5.41, 5.74) is 0.160. The van der Waals surface area contributed by atoms with Gasteiger partial charge >= 0.3 is 0 Å². The van der Waals surface area contributed by atoms with Crippen LogP contribution in [0.25, 0.3) is 0 Å². The maximum atomic E-state index is 5.70. The van der Waals surface area contributed by atoms with Gasteiger partial charge in [-0.25, -0.2) is 0 Å². The standard InChI is InChI=1S/C20H38O/c1-3-5-7-9-11-12-14-16-18-20(19-21-20)17-15-13-10-8-6-4-2/h15,17H,3-14,16,18-19H2,1-2H3/b17-15+. The molecule has 0 aliphatic carbocycles. The lowest BCUT2D eigenvalue weighted by Crippen LogP contribution is -2.06. The summed E-state index contributed by atoms with van der Waals surface area (Å²) in [5, 5.41) is 0. The second-order valence-electron chi connectivity index (χ2n) is 6.83. The second-order valence-corrected chi connectivity index (χ2v) is 6.83. The molecule has 0 aromatic heterocycles. The van der Waals surface area contributed by atoms with Gasteiger partial charge in [-0.3, -0.25) is 0 Å². The van der Waals surface area contributed by atoms with E-state index in [4.69, 9.17) is 4.74 Å². The van der Waals surface area contributed by atoms with Gasteiger partial charge in [0.2, 0.25) is 0 Å². The Bertz CT molecular complexity index is 253. The van der Waals surface area contributed by atoms with Crippen LogP contribution in [0.1, 0.15) is 104 Å². The zero-order valence-corrected chi connectivity index (χ0v) is 14.7. The molecule has 124 valence electrons. The predicted molar refractivity (Wildman–Crippen MR) is 93.8 cm³/mol. The lowest BCUT2D eigenvalue weighted by molar-refractivity contribution is 0.327. The minimum Gasteiger partial charge on any atom is -0.365 e. The Morgan fingerprint density at radius 1 is 0.762 bits per heavy atom. The van der Waals surface area contributed by atoms with Gasteiger partial charge < -0.3 is 4.74 Å². The highest BCUT2D eigenvalue weighted by Crippen LogP contribution is 2.34. The molecule has 0 N–H and O–H groups in total. The number of unbranched alkanes of at least 4 members (excludes halogenated alkanes) is 11. The number of ether oxygens (including phenoxy) is 1. The number of hydrogen-bond donors (Lipinski definition) is 0. The van der Waals surface area contributed by atoms with Crippen molar-refractivity contribution in [2.45, 2.75) is 109 Å². The van der Waals surface area contributed by atoms with Crippen molar-refractivity contribution in [3.63, 3.8) is 0 Å². The monoisotopic (exact) mass is 294 g/mol. The molecule has 0 radical (unpaired) electrons. The van der Waals surface area contributed by atoms with Gasteiger partial charge in [-0.05, 0) is 19.3 Å². The Hall–Kier alpha value is -0.300. The third-order valence-corrected chi connectivity index (χ3v) is 4.61. The Labute approximate surface area is 133 Å². The molecule has 1 aliphatic rings. The van der Waals surface area contributed by atoms with Crippen LogP contribution in [0.5, 0.6) is 0 Å². The smallest absolute Gasteiger partial charge is 0.110 e. The molecule has 1 heterocycles. The highest BCUT2D eigenvalue weighted by molar-refractivity contribution is 5.10. The van der Waals surface area contributed by atoms with Crippen molar-refractivity contribution in [3.8, 4) is 0 Å². The van der Waals surface area contributed by atoms with E-state index in [0.29, 0.717) is 0 Å². The lowest BCUT2D eigenvalue weighted by atomic mass is 9.99. The summed E-state index contributed by atoms with van der Waals surface area (Å²) < 4.78 is 5.70. The number of rotatable bonds is 15. The third-order valence-electron chi connectivity index (χ3n) is 4.61. The number of hydrogen-bond acceptors (Lipinski definition) is 1. The highest BCUT2D eigenvalue weighted by Gasteiger charge is 2.40. The molecule has 1 unspecified atom stereocenters. The first-order chi connectivity index (χ1) is 10.3. The Morgan fingerprint density at radius 3 is 1.86 bits per heavy atom. The summed E-state index contributed by atoms with van der Waals surface area (Å²) in [4.78, 5) is 0. The molecule has 21 heavy (non-hydrogen) atoms. The molecule has 0 amide bonds. The highest BCUT2D eigenvalue weighted by atomic mass is 16.6. The fourth-order valence-corrected chi connectivity index (χ4v) is 2.96. The molecule has 0 saturated carbocycles. The Kier molecular flexibility index (Phi) is 10.9. The fraction of sp³-hybridized carbons (Fsp3) is 0.900. The van der Waals surface area contributed by atoms with Gasteiger partial charge in [0.25, 0.3) is 0 Å². The molecule has 1 atom stereocenters. The maximum absolute atomic E-state index is 5.70. The van der Waals surface area contributed by atoms with Crippen LogP contribution in [0.4, 0.5) is 0 Å². The van der Waals surface area contributed by atoms with Crippen LogP contribution in [0, 0.1) is 0 Å². The van der Waals surface area contributed by atoms with Crippen LogP contribution in [-0.4, -0.2) is 12.2 Å². The molecule has 0 aromatic rings. The van der Waals surface area contributed by atoms with E-state index < -0.39 is 0 Å². The van der Waals surface area contributed by atoms with Crippen molar-refractivity contribution in [2.24, 2.45) is 0 Å². The number of epoxide rings is 1. The van der Waals surface area contributed by atoms with Crippen LogP contribution >= 0.6 is 0 Å². The largest absolute Gasteiger partial charge is 0.365 e. The molecule has 0 aromatic carbocycles. The van der Waals surface area contributed by atoms with Gasteiger partial charge in [0.15, 0.2) is 0 Å². The molecule has 0 bridgehead atoms. The topological polar surface area (TPSA) is 12.5 Å². The van der Waals surface area contributed by atoms with Crippen LogP contribution in [-0.2, 0) is 4.74 Å². The fourth-order valence-electron chi connectivity index (χ4n) is 2.96. The van der Waals surface area contributed by atoms with Gasteiger partial charge in [0, 0.05) is 0 Å². The van der Waals surface area contributed by atoms with E-state index >= 15 is 0 Å². The minimum atomic E-state index is 0.160. The van der Waals surface area contributed by atoms with E-state index in [9.17, 15) is 0 Å². The van der Waals surface area contributed by atoms with Crippen molar-refractivity contribution >= 4 is 0 Å². The minimum absolute atomic E-state index is 0.160. The van der Waals surface area contributed by atoms with Crippen LogP contribution < -0.4 is 0 Å². The van der Waals surface area contributed by atoms with E-state index in [2.05, 4.69) is 26.0 Å².